The van der Waals surface area contributed by atoms with E-state index in [1.165, 1.54) is 12.1 Å². The van der Waals surface area contributed by atoms with Gasteiger partial charge in [-0.2, -0.15) is 5.10 Å². The number of piperidine rings is 1. The lowest BCUT2D eigenvalue weighted by atomic mass is 9.97. The predicted molar refractivity (Wildman–Crippen MR) is 121 cm³/mol. The molecule has 1 saturated heterocycles. The zero-order valence-electron chi connectivity index (χ0n) is 18.9. The minimum Gasteiger partial charge on any atom is -0.421 e. The van der Waals surface area contributed by atoms with Crippen molar-refractivity contribution in [1.29, 1.82) is 0 Å². The molecule has 7 nitrogen and oxygen atoms in total. The van der Waals surface area contributed by atoms with Gasteiger partial charge >= 0.3 is 0 Å². The van der Waals surface area contributed by atoms with Gasteiger partial charge in [0.2, 0.25) is 5.89 Å². The maximum atomic E-state index is 14.1. The lowest BCUT2D eigenvalue weighted by Crippen LogP contribution is -2.45. The topological polar surface area (TPSA) is 77.0 Å². The van der Waals surface area contributed by atoms with Crippen molar-refractivity contribution in [3.8, 4) is 22.6 Å². The number of aryl methyl sites for hydroxylation is 1. The molecule has 2 aromatic heterocycles. The number of aromatic nitrogens is 4. The molecule has 1 unspecified atom stereocenters. The fourth-order valence-corrected chi connectivity index (χ4v) is 4.41. The van der Waals surface area contributed by atoms with Crippen LogP contribution in [-0.4, -0.2) is 43.4 Å². The van der Waals surface area contributed by atoms with E-state index in [9.17, 15) is 18.0 Å². The molecular weight excluding hydrogens is 459 g/mol. The summed E-state index contributed by atoms with van der Waals surface area (Å²) in [6.45, 7) is 0.530. The van der Waals surface area contributed by atoms with Crippen LogP contribution in [-0.2, 0) is 13.5 Å². The summed E-state index contributed by atoms with van der Waals surface area (Å²) >= 11 is 0. The molecule has 1 fully saturated rings. The molecule has 0 aliphatic carbocycles. The van der Waals surface area contributed by atoms with E-state index in [-0.39, 0.29) is 47.2 Å². The molecule has 180 valence electrons. The SMILES string of the molecule is Cn1cc(-c2ccc(F)cc2)c(C(=O)N2CCCCC2Cc2nnc(-c3cc(F)ccc3F)o2)n1. The Morgan fingerprint density at radius 1 is 1.03 bits per heavy atom. The third-order valence-corrected chi connectivity index (χ3v) is 6.11. The number of halogens is 3. The van der Waals surface area contributed by atoms with E-state index in [4.69, 9.17) is 4.42 Å². The van der Waals surface area contributed by atoms with Gasteiger partial charge in [0, 0.05) is 37.8 Å². The van der Waals surface area contributed by atoms with Crippen LogP contribution in [0.5, 0.6) is 0 Å². The highest BCUT2D eigenvalue weighted by Crippen LogP contribution is 2.29. The molecule has 5 rings (SSSR count). The maximum absolute atomic E-state index is 14.1. The average Bonchev–Trinajstić information content (AvgIpc) is 3.47. The maximum Gasteiger partial charge on any atom is 0.275 e. The Morgan fingerprint density at radius 2 is 1.80 bits per heavy atom. The van der Waals surface area contributed by atoms with Crippen molar-refractivity contribution in [3.63, 3.8) is 0 Å². The molecule has 2 aromatic carbocycles. The summed E-state index contributed by atoms with van der Waals surface area (Å²) in [6, 6.07) is 8.70. The van der Waals surface area contributed by atoms with Crippen molar-refractivity contribution >= 4 is 5.91 Å². The molecule has 35 heavy (non-hydrogen) atoms. The summed E-state index contributed by atoms with van der Waals surface area (Å²) in [6.07, 6.45) is 4.48. The number of hydrogen-bond acceptors (Lipinski definition) is 5. The van der Waals surface area contributed by atoms with Crippen LogP contribution >= 0.6 is 0 Å². The molecule has 0 saturated carbocycles. The highest BCUT2D eigenvalue weighted by Gasteiger charge is 2.32. The second-order valence-corrected chi connectivity index (χ2v) is 8.55. The van der Waals surface area contributed by atoms with E-state index in [1.807, 2.05) is 0 Å². The number of carbonyl (C=O) groups excluding carboxylic acids is 1. The molecule has 1 aliphatic rings. The van der Waals surface area contributed by atoms with Crippen molar-refractivity contribution in [2.75, 3.05) is 6.54 Å². The number of rotatable bonds is 5. The molecule has 1 aliphatic heterocycles. The molecule has 3 heterocycles. The molecular formula is C25H22F3N5O2. The van der Waals surface area contributed by atoms with Crippen LogP contribution in [0.4, 0.5) is 13.2 Å². The lowest BCUT2D eigenvalue weighted by Gasteiger charge is -2.34. The van der Waals surface area contributed by atoms with Crippen LogP contribution in [0.25, 0.3) is 22.6 Å². The third-order valence-electron chi connectivity index (χ3n) is 6.11. The van der Waals surface area contributed by atoms with Gasteiger partial charge < -0.3 is 9.32 Å². The Kier molecular flexibility index (Phi) is 6.10. The monoisotopic (exact) mass is 481 g/mol. The van der Waals surface area contributed by atoms with Crippen LogP contribution in [0.1, 0.15) is 35.6 Å². The number of hydrogen-bond donors (Lipinski definition) is 0. The summed E-state index contributed by atoms with van der Waals surface area (Å²) in [7, 11) is 1.73. The van der Waals surface area contributed by atoms with E-state index < -0.39 is 11.6 Å². The van der Waals surface area contributed by atoms with Crippen molar-refractivity contribution < 1.29 is 22.4 Å². The van der Waals surface area contributed by atoms with E-state index in [0.29, 0.717) is 17.7 Å². The zero-order chi connectivity index (χ0) is 24.5. The summed E-state index contributed by atoms with van der Waals surface area (Å²) in [5.74, 6) is -1.77. The average molecular weight is 481 g/mol. The van der Waals surface area contributed by atoms with Gasteiger partial charge in [-0.3, -0.25) is 9.48 Å². The summed E-state index contributed by atoms with van der Waals surface area (Å²) in [4.78, 5) is 15.3. The Bertz CT molecular complexity index is 1370. The van der Waals surface area contributed by atoms with Crippen LogP contribution in [0.2, 0.25) is 0 Å². The fourth-order valence-electron chi connectivity index (χ4n) is 4.41. The van der Waals surface area contributed by atoms with Crippen LogP contribution < -0.4 is 0 Å². The summed E-state index contributed by atoms with van der Waals surface area (Å²) in [5.41, 5.74) is 1.47. The standard InChI is InChI=1S/C25H22F3N5O2/c1-32-14-20(15-5-7-16(26)8-6-15)23(31-32)25(34)33-11-3-2-4-18(33)13-22-29-30-24(35-22)19-12-17(27)9-10-21(19)28/h5-10,12,14,18H,2-4,11,13H2,1H3. The quantitative estimate of drug-likeness (QED) is 0.410. The van der Waals surface area contributed by atoms with E-state index in [2.05, 4.69) is 15.3 Å². The van der Waals surface area contributed by atoms with Gasteiger partial charge in [-0.1, -0.05) is 12.1 Å². The Morgan fingerprint density at radius 3 is 2.60 bits per heavy atom. The molecule has 0 bridgehead atoms. The van der Waals surface area contributed by atoms with Gasteiger partial charge in [-0.15, -0.1) is 10.2 Å². The van der Waals surface area contributed by atoms with Crippen LogP contribution in [0.15, 0.2) is 53.1 Å². The van der Waals surface area contributed by atoms with Gasteiger partial charge in [-0.25, -0.2) is 13.2 Å². The highest BCUT2D eigenvalue weighted by molar-refractivity contribution is 5.99. The van der Waals surface area contributed by atoms with Gasteiger partial charge in [0.15, 0.2) is 5.69 Å². The minimum atomic E-state index is -0.667. The Hall–Kier alpha value is -3.95. The third kappa shape index (κ3) is 4.68. The number of nitrogens with zero attached hydrogens (tertiary/aromatic N) is 5. The largest absolute Gasteiger partial charge is 0.421 e. The normalized spacial score (nSPS) is 16.0. The molecule has 1 atom stereocenters. The molecule has 0 radical (unpaired) electrons. The van der Waals surface area contributed by atoms with E-state index >= 15 is 0 Å². The van der Waals surface area contributed by atoms with E-state index in [1.54, 1.807) is 35.0 Å². The van der Waals surface area contributed by atoms with Crippen LogP contribution in [0.3, 0.4) is 0 Å². The first-order chi connectivity index (χ1) is 16.9. The first kappa shape index (κ1) is 22.8. The number of likely N-dealkylation sites (tertiary alicyclic amines) is 1. The smallest absolute Gasteiger partial charge is 0.275 e. The Labute approximate surface area is 199 Å². The van der Waals surface area contributed by atoms with Crippen molar-refractivity contribution in [3.05, 3.63) is 77.7 Å². The first-order valence-corrected chi connectivity index (χ1v) is 11.3. The molecule has 1 amide bonds. The van der Waals surface area contributed by atoms with Gasteiger partial charge in [0.1, 0.15) is 17.5 Å². The number of amides is 1. The van der Waals surface area contributed by atoms with Gasteiger partial charge in [0.05, 0.1) is 5.56 Å². The number of carbonyl (C=O) groups is 1. The van der Waals surface area contributed by atoms with E-state index in [0.717, 1.165) is 37.5 Å². The van der Waals surface area contributed by atoms with Crippen molar-refractivity contribution in [1.82, 2.24) is 24.9 Å². The Balaban J connectivity index is 1.40. The first-order valence-electron chi connectivity index (χ1n) is 11.3. The van der Waals surface area contributed by atoms with Crippen molar-refractivity contribution in [2.45, 2.75) is 31.7 Å². The highest BCUT2D eigenvalue weighted by atomic mass is 19.1. The molecule has 10 heteroatoms. The number of benzene rings is 2. The molecule has 0 spiro atoms. The molecule has 0 N–H and O–H groups in total. The van der Waals surface area contributed by atoms with Gasteiger partial charge in [0.25, 0.3) is 11.8 Å². The van der Waals surface area contributed by atoms with Gasteiger partial charge in [-0.05, 0) is 55.2 Å². The summed E-state index contributed by atoms with van der Waals surface area (Å²) in [5, 5.41) is 12.3. The summed E-state index contributed by atoms with van der Waals surface area (Å²) < 4.78 is 48.3. The van der Waals surface area contributed by atoms with Crippen molar-refractivity contribution in [2.24, 2.45) is 7.05 Å². The molecule has 4 aromatic rings. The van der Waals surface area contributed by atoms with Crippen LogP contribution in [0, 0.1) is 17.5 Å². The zero-order valence-corrected chi connectivity index (χ0v) is 18.9. The minimum absolute atomic E-state index is 0.113. The second kappa shape index (κ2) is 9.36. The lowest BCUT2D eigenvalue weighted by molar-refractivity contribution is 0.0599. The second-order valence-electron chi connectivity index (χ2n) is 8.55. The fraction of sp³-hybridized carbons (Fsp3) is 0.280. The predicted octanol–water partition coefficient (Wildman–Crippen LogP) is 4.79.